The highest BCUT2D eigenvalue weighted by atomic mass is 31.2. The van der Waals surface area contributed by atoms with Gasteiger partial charge in [-0.2, -0.15) is 0 Å². The second-order valence-electron chi connectivity index (χ2n) is 18.4. The van der Waals surface area contributed by atoms with Gasteiger partial charge in [0.15, 0.2) is 0 Å². The van der Waals surface area contributed by atoms with Gasteiger partial charge in [0.05, 0.1) is 19.8 Å². The fourth-order valence-electron chi connectivity index (χ4n) is 7.70. The predicted octanol–water partition coefficient (Wildman–Crippen LogP) is 18.0. The van der Waals surface area contributed by atoms with Crippen LogP contribution in [0.2, 0.25) is 0 Å². The van der Waals surface area contributed by atoms with Crippen molar-refractivity contribution in [3.05, 3.63) is 85.1 Å². The van der Waals surface area contributed by atoms with Crippen molar-refractivity contribution in [2.45, 2.75) is 251 Å². The Hall–Kier alpha value is -2.32. The summed E-state index contributed by atoms with van der Waals surface area (Å²) in [6, 6.07) is 0. The number of allylic oxidation sites excluding steroid dienone is 14. The maximum atomic E-state index is 12.7. The lowest BCUT2D eigenvalue weighted by molar-refractivity contribution is -0.154. The molecule has 0 aliphatic carbocycles. The van der Waals surface area contributed by atoms with E-state index in [0.717, 1.165) is 70.6 Å². The van der Waals surface area contributed by atoms with E-state index in [2.05, 4.69) is 98.9 Å². The third-order valence-electron chi connectivity index (χ3n) is 11.8. The Kier molecular flexibility index (Phi) is 53.7. The standard InChI is InChI=1S/C59H106NO7P/c1-3-5-7-9-11-13-15-17-19-21-23-25-27-28-29-31-33-35-37-39-41-43-45-47-49-51-54-64-56-58(57-66-68(62,63)65-55-53-60)67-59(61)52-50-48-46-44-42-40-38-36-34-32-30-26-24-22-20-18-16-14-12-10-8-6-4-2/h6,8,12,14-15,17-18,20-21,23-24,26-28,58H,3-5,7,9-11,13,16,19,22,25,29-57,60H2,1-2H3,(H,62,63)/b8-6-,14-12-,17-15-,20-18-,23-21-,26-24-,28-27-. The van der Waals surface area contributed by atoms with Gasteiger partial charge in [0, 0.05) is 19.6 Å². The fraction of sp³-hybridized carbons (Fsp3) is 0.746. The largest absolute Gasteiger partial charge is 0.472 e. The van der Waals surface area contributed by atoms with E-state index >= 15 is 0 Å². The number of unbranched alkanes of at least 4 members (excludes halogenated alkanes) is 26. The Morgan fingerprint density at radius 2 is 0.824 bits per heavy atom. The van der Waals surface area contributed by atoms with Gasteiger partial charge in [-0.05, 0) is 89.9 Å². The third kappa shape index (κ3) is 54.6. The lowest BCUT2D eigenvalue weighted by atomic mass is 10.0. The Labute approximate surface area is 419 Å². The number of ether oxygens (including phenoxy) is 2. The van der Waals surface area contributed by atoms with Crippen molar-refractivity contribution in [3.8, 4) is 0 Å². The molecule has 0 bridgehead atoms. The molecule has 0 spiro atoms. The topological polar surface area (TPSA) is 117 Å². The number of phosphoric ester groups is 1. The van der Waals surface area contributed by atoms with Crippen molar-refractivity contribution in [2.24, 2.45) is 5.73 Å². The quantitative estimate of drug-likeness (QED) is 0.0268. The molecule has 2 atom stereocenters. The van der Waals surface area contributed by atoms with E-state index in [1.165, 1.54) is 154 Å². The zero-order chi connectivity index (χ0) is 49.4. The minimum absolute atomic E-state index is 0.0956. The molecule has 394 valence electrons. The molecule has 0 fully saturated rings. The number of esters is 1. The van der Waals surface area contributed by atoms with Gasteiger partial charge in [-0.15, -0.1) is 0 Å². The molecule has 0 radical (unpaired) electrons. The fourth-order valence-corrected chi connectivity index (χ4v) is 8.47. The summed E-state index contributed by atoms with van der Waals surface area (Å²) in [6.07, 6.45) is 73.4. The first-order valence-corrected chi connectivity index (χ1v) is 29.6. The number of carbonyl (C=O) groups is 1. The van der Waals surface area contributed by atoms with Gasteiger partial charge in [-0.25, -0.2) is 4.57 Å². The van der Waals surface area contributed by atoms with Crippen LogP contribution in [0.5, 0.6) is 0 Å². The minimum atomic E-state index is -4.29. The average molecular weight is 972 g/mol. The average Bonchev–Trinajstić information content (AvgIpc) is 3.33. The molecule has 2 unspecified atom stereocenters. The Morgan fingerprint density at radius 1 is 0.456 bits per heavy atom. The first-order valence-electron chi connectivity index (χ1n) is 28.1. The monoisotopic (exact) mass is 972 g/mol. The van der Waals surface area contributed by atoms with Gasteiger partial charge in [0.1, 0.15) is 6.10 Å². The van der Waals surface area contributed by atoms with Crippen molar-refractivity contribution in [2.75, 3.05) is 33.0 Å². The molecule has 0 amide bonds. The highest BCUT2D eigenvalue weighted by Crippen LogP contribution is 2.43. The van der Waals surface area contributed by atoms with E-state index in [1.807, 2.05) is 0 Å². The molecule has 0 rings (SSSR count). The van der Waals surface area contributed by atoms with Crippen LogP contribution in [0.25, 0.3) is 0 Å². The van der Waals surface area contributed by atoms with Crippen LogP contribution in [0.3, 0.4) is 0 Å². The Morgan fingerprint density at radius 3 is 1.24 bits per heavy atom. The zero-order valence-corrected chi connectivity index (χ0v) is 45.0. The first kappa shape index (κ1) is 65.7. The summed E-state index contributed by atoms with van der Waals surface area (Å²) >= 11 is 0. The van der Waals surface area contributed by atoms with Gasteiger partial charge in [0.25, 0.3) is 0 Å². The van der Waals surface area contributed by atoms with E-state index in [0.29, 0.717) is 13.0 Å². The van der Waals surface area contributed by atoms with Gasteiger partial charge in [0.2, 0.25) is 0 Å². The molecule has 0 aromatic rings. The normalized spacial score (nSPS) is 13.9. The van der Waals surface area contributed by atoms with Gasteiger partial charge in [-0.1, -0.05) is 234 Å². The summed E-state index contributed by atoms with van der Waals surface area (Å²) in [5.41, 5.74) is 5.40. The highest BCUT2D eigenvalue weighted by molar-refractivity contribution is 7.47. The maximum Gasteiger partial charge on any atom is 0.472 e. The van der Waals surface area contributed by atoms with Crippen molar-refractivity contribution < 1.29 is 32.8 Å². The van der Waals surface area contributed by atoms with Crippen molar-refractivity contribution in [1.82, 2.24) is 0 Å². The number of nitrogens with two attached hydrogens (primary N) is 1. The Balaban J connectivity index is 3.93. The number of hydrogen-bond donors (Lipinski definition) is 2. The van der Waals surface area contributed by atoms with Crippen LogP contribution in [-0.2, 0) is 27.9 Å². The molecule has 0 aliphatic rings. The molecule has 0 aromatic carbocycles. The van der Waals surface area contributed by atoms with E-state index in [4.69, 9.17) is 24.3 Å². The van der Waals surface area contributed by atoms with E-state index in [9.17, 15) is 14.3 Å². The van der Waals surface area contributed by atoms with Crippen LogP contribution in [0.15, 0.2) is 85.1 Å². The number of hydrogen-bond acceptors (Lipinski definition) is 7. The third-order valence-corrected chi connectivity index (χ3v) is 12.8. The van der Waals surface area contributed by atoms with Crippen molar-refractivity contribution >= 4 is 13.8 Å². The molecule has 0 saturated carbocycles. The van der Waals surface area contributed by atoms with Crippen LogP contribution < -0.4 is 5.73 Å². The van der Waals surface area contributed by atoms with Gasteiger partial charge >= 0.3 is 13.8 Å². The van der Waals surface area contributed by atoms with Gasteiger partial charge in [-0.3, -0.25) is 13.8 Å². The van der Waals surface area contributed by atoms with E-state index in [-0.39, 0.29) is 32.3 Å². The molecule has 68 heavy (non-hydrogen) atoms. The maximum absolute atomic E-state index is 12.7. The predicted molar refractivity (Wildman–Crippen MR) is 293 cm³/mol. The SMILES string of the molecule is CC/C=C\C/C=C\C/C=C\C/C=C\CCCCCCCCCCCCC(=O)OC(COCCCCCCCCCCCCC/C=C\C/C=C\C/C=C\CCCCCCC)COP(=O)(O)OCCN. The second kappa shape index (κ2) is 55.6. The zero-order valence-electron chi connectivity index (χ0n) is 44.1. The summed E-state index contributed by atoms with van der Waals surface area (Å²) in [6.45, 7) is 4.80. The van der Waals surface area contributed by atoms with E-state index < -0.39 is 13.9 Å². The molecule has 0 aromatic heterocycles. The lowest BCUT2D eigenvalue weighted by Crippen LogP contribution is -2.28. The summed E-state index contributed by atoms with van der Waals surface area (Å²) in [5.74, 6) is -0.336. The molecule has 8 nitrogen and oxygen atoms in total. The smallest absolute Gasteiger partial charge is 0.457 e. The molecule has 3 N–H and O–H groups in total. The summed E-state index contributed by atoms with van der Waals surface area (Å²) in [4.78, 5) is 22.7. The van der Waals surface area contributed by atoms with Crippen LogP contribution in [0, 0.1) is 0 Å². The summed E-state index contributed by atoms with van der Waals surface area (Å²) in [7, 11) is -4.29. The molecule has 0 heterocycles. The first-order chi connectivity index (χ1) is 33.4. The van der Waals surface area contributed by atoms with Crippen molar-refractivity contribution in [3.63, 3.8) is 0 Å². The highest BCUT2D eigenvalue weighted by Gasteiger charge is 2.25. The number of rotatable bonds is 53. The van der Waals surface area contributed by atoms with E-state index in [1.54, 1.807) is 0 Å². The molecular weight excluding hydrogens is 866 g/mol. The van der Waals surface area contributed by atoms with Crippen LogP contribution >= 0.6 is 7.82 Å². The van der Waals surface area contributed by atoms with Crippen LogP contribution in [0.4, 0.5) is 0 Å². The molecular formula is C59H106NO7P. The van der Waals surface area contributed by atoms with Gasteiger partial charge < -0.3 is 20.1 Å². The molecule has 0 aliphatic heterocycles. The minimum Gasteiger partial charge on any atom is -0.457 e. The Bertz CT molecular complexity index is 1320. The molecule has 0 saturated heterocycles. The van der Waals surface area contributed by atoms with Crippen LogP contribution in [-0.4, -0.2) is 49.9 Å². The lowest BCUT2D eigenvalue weighted by Gasteiger charge is -2.20. The number of phosphoric acid groups is 1. The molecule has 9 heteroatoms. The number of carbonyl (C=O) groups excluding carboxylic acids is 1. The summed E-state index contributed by atoms with van der Waals surface area (Å²) < 4.78 is 33.7. The van der Waals surface area contributed by atoms with Crippen molar-refractivity contribution in [1.29, 1.82) is 0 Å². The second-order valence-corrected chi connectivity index (χ2v) is 19.9. The van der Waals surface area contributed by atoms with Crippen LogP contribution in [0.1, 0.15) is 245 Å². The summed E-state index contributed by atoms with van der Waals surface area (Å²) in [5, 5.41) is 0.